The van der Waals surface area contributed by atoms with Crippen molar-refractivity contribution in [2.24, 2.45) is 0 Å². The van der Waals surface area contributed by atoms with Crippen LogP contribution in [-0.4, -0.2) is 47.8 Å². The summed E-state index contributed by atoms with van der Waals surface area (Å²) in [6.07, 6.45) is 0. The summed E-state index contributed by atoms with van der Waals surface area (Å²) >= 11 is 1.34. The van der Waals surface area contributed by atoms with Gasteiger partial charge in [0.25, 0.3) is 0 Å². The van der Waals surface area contributed by atoms with Gasteiger partial charge in [-0.05, 0) is 49.2 Å². The maximum atomic E-state index is 12.5. The number of nitrogens with one attached hydrogen (secondary N) is 1. The van der Waals surface area contributed by atoms with Crippen LogP contribution in [-0.2, 0) is 11.3 Å². The first-order chi connectivity index (χ1) is 15.0. The number of hydrogen-bond donors (Lipinski definition) is 1. The standard InChI is InChI=1S/C22H26N4O4S/c1-14-7-6-8-17(9-14)26-15(2)24-25-22(26)31-13-20(27)23-12-16-10-18(28-3)21(30-5)19(11-16)29-4/h6-11H,12-13H2,1-5H3,(H,23,27). The van der Waals surface area contributed by atoms with Crippen LogP contribution < -0.4 is 19.5 Å². The minimum Gasteiger partial charge on any atom is -0.493 e. The number of benzene rings is 2. The van der Waals surface area contributed by atoms with Crippen LogP contribution in [0.1, 0.15) is 17.0 Å². The number of aromatic nitrogens is 3. The second-order valence-electron chi connectivity index (χ2n) is 6.80. The molecule has 3 rings (SSSR count). The number of amides is 1. The molecule has 164 valence electrons. The van der Waals surface area contributed by atoms with Gasteiger partial charge in [0.05, 0.1) is 27.1 Å². The molecule has 3 aromatic rings. The molecule has 0 saturated heterocycles. The van der Waals surface area contributed by atoms with Crippen molar-refractivity contribution >= 4 is 17.7 Å². The predicted molar refractivity (Wildman–Crippen MR) is 120 cm³/mol. The first-order valence-corrected chi connectivity index (χ1v) is 10.6. The molecule has 0 saturated carbocycles. The molecule has 1 aromatic heterocycles. The number of thioether (sulfide) groups is 1. The maximum absolute atomic E-state index is 12.5. The largest absolute Gasteiger partial charge is 0.493 e. The van der Waals surface area contributed by atoms with Crippen LogP contribution in [0.15, 0.2) is 41.6 Å². The van der Waals surface area contributed by atoms with E-state index >= 15 is 0 Å². The molecule has 9 heteroatoms. The van der Waals surface area contributed by atoms with E-state index in [-0.39, 0.29) is 11.7 Å². The summed E-state index contributed by atoms with van der Waals surface area (Å²) in [5, 5.41) is 12.0. The van der Waals surface area contributed by atoms with Gasteiger partial charge in [0, 0.05) is 12.2 Å². The minimum absolute atomic E-state index is 0.116. The fourth-order valence-corrected chi connectivity index (χ4v) is 3.95. The highest BCUT2D eigenvalue weighted by Gasteiger charge is 2.15. The number of aryl methyl sites for hydroxylation is 2. The van der Waals surface area contributed by atoms with Gasteiger partial charge in [-0.25, -0.2) is 0 Å². The second-order valence-corrected chi connectivity index (χ2v) is 7.75. The van der Waals surface area contributed by atoms with Crippen molar-refractivity contribution in [1.29, 1.82) is 0 Å². The number of ether oxygens (including phenoxy) is 3. The first-order valence-electron chi connectivity index (χ1n) is 9.64. The van der Waals surface area contributed by atoms with Crippen LogP contribution in [0.5, 0.6) is 17.2 Å². The van der Waals surface area contributed by atoms with E-state index in [0.717, 1.165) is 22.6 Å². The Balaban J connectivity index is 1.65. The third kappa shape index (κ3) is 5.29. The first kappa shape index (κ1) is 22.5. The molecule has 0 atom stereocenters. The topological polar surface area (TPSA) is 87.5 Å². The monoisotopic (exact) mass is 442 g/mol. The molecule has 1 N–H and O–H groups in total. The van der Waals surface area contributed by atoms with Crippen molar-refractivity contribution in [1.82, 2.24) is 20.1 Å². The van der Waals surface area contributed by atoms with Crippen LogP contribution in [0.3, 0.4) is 0 Å². The molecule has 0 fully saturated rings. The number of methoxy groups -OCH3 is 3. The number of hydrogen-bond acceptors (Lipinski definition) is 7. The van der Waals surface area contributed by atoms with E-state index in [2.05, 4.69) is 21.6 Å². The van der Waals surface area contributed by atoms with Crippen LogP contribution in [0.2, 0.25) is 0 Å². The van der Waals surface area contributed by atoms with Gasteiger partial charge >= 0.3 is 0 Å². The maximum Gasteiger partial charge on any atom is 0.230 e. The molecule has 0 radical (unpaired) electrons. The zero-order chi connectivity index (χ0) is 22.4. The molecular formula is C22H26N4O4S. The fraction of sp³-hybridized carbons (Fsp3) is 0.318. The van der Waals surface area contributed by atoms with Crippen LogP contribution in [0.25, 0.3) is 5.69 Å². The molecule has 0 aliphatic heterocycles. The van der Waals surface area contributed by atoms with Crippen molar-refractivity contribution < 1.29 is 19.0 Å². The Morgan fingerprint density at radius 1 is 1.03 bits per heavy atom. The third-order valence-electron chi connectivity index (χ3n) is 4.60. The highest BCUT2D eigenvalue weighted by Crippen LogP contribution is 2.38. The second kappa shape index (κ2) is 10.2. The lowest BCUT2D eigenvalue weighted by atomic mass is 10.2. The summed E-state index contributed by atoms with van der Waals surface area (Å²) in [5.74, 6) is 2.47. The van der Waals surface area contributed by atoms with Crippen molar-refractivity contribution in [3.63, 3.8) is 0 Å². The van der Waals surface area contributed by atoms with Gasteiger partial charge < -0.3 is 19.5 Å². The molecule has 0 unspecified atom stereocenters. The number of nitrogens with zero attached hydrogens (tertiary/aromatic N) is 3. The van der Waals surface area contributed by atoms with Crippen molar-refractivity contribution in [2.75, 3.05) is 27.1 Å². The molecule has 0 aliphatic carbocycles. The molecule has 1 amide bonds. The van der Waals surface area contributed by atoms with Crippen molar-refractivity contribution in [3.8, 4) is 22.9 Å². The average molecular weight is 443 g/mol. The van der Waals surface area contributed by atoms with Gasteiger partial charge in [0.2, 0.25) is 11.7 Å². The summed E-state index contributed by atoms with van der Waals surface area (Å²) in [6, 6.07) is 11.7. The molecule has 0 aliphatic rings. The predicted octanol–water partition coefficient (Wildman–Crippen LogP) is 3.32. The van der Waals surface area contributed by atoms with Crippen LogP contribution in [0, 0.1) is 13.8 Å². The van der Waals surface area contributed by atoms with Gasteiger partial charge in [-0.1, -0.05) is 23.9 Å². The Labute approximate surface area is 185 Å². The lowest BCUT2D eigenvalue weighted by Gasteiger charge is -2.14. The van der Waals surface area contributed by atoms with E-state index in [1.54, 1.807) is 21.3 Å². The van der Waals surface area contributed by atoms with E-state index in [1.165, 1.54) is 11.8 Å². The Kier molecular flexibility index (Phi) is 7.41. The molecule has 1 heterocycles. The van der Waals surface area contributed by atoms with Gasteiger partial charge in [-0.2, -0.15) is 0 Å². The third-order valence-corrected chi connectivity index (χ3v) is 5.53. The highest BCUT2D eigenvalue weighted by molar-refractivity contribution is 7.99. The lowest BCUT2D eigenvalue weighted by Crippen LogP contribution is -2.24. The Morgan fingerprint density at radius 3 is 2.35 bits per heavy atom. The summed E-state index contributed by atoms with van der Waals surface area (Å²) in [4.78, 5) is 12.5. The number of rotatable bonds is 9. The Hall–Kier alpha value is -3.20. The number of carbonyl (C=O) groups is 1. The van der Waals surface area contributed by atoms with Gasteiger partial charge in [-0.15, -0.1) is 10.2 Å². The molecule has 8 nitrogen and oxygen atoms in total. The zero-order valence-electron chi connectivity index (χ0n) is 18.3. The van der Waals surface area contributed by atoms with E-state index in [0.29, 0.717) is 28.9 Å². The smallest absolute Gasteiger partial charge is 0.230 e. The van der Waals surface area contributed by atoms with Crippen molar-refractivity contribution in [3.05, 3.63) is 53.3 Å². The van der Waals surface area contributed by atoms with Gasteiger partial charge in [0.1, 0.15) is 5.82 Å². The summed E-state index contributed by atoms with van der Waals surface area (Å²) < 4.78 is 18.0. The summed E-state index contributed by atoms with van der Waals surface area (Å²) in [7, 11) is 4.67. The molecular weight excluding hydrogens is 416 g/mol. The van der Waals surface area contributed by atoms with Crippen LogP contribution >= 0.6 is 11.8 Å². The molecule has 31 heavy (non-hydrogen) atoms. The average Bonchev–Trinajstić information content (AvgIpc) is 3.15. The lowest BCUT2D eigenvalue weighted by molar-refractivity contribution is -0.118. The van der Waals surface area contributed by atoms with E-state index in [9.17, 15) is 4.79 Å². The Bertz CT molecular complexity index is 1040. The zero-order valence-corrected chi connectivity index (χ0v) is 19.1. The Morgan fingerprint density at radius 2 is 1.74 bits per heavy atom. The van der Waals surface area contributed by atoms with Gasteiger partial charge in [0.15, 0.2) is 16.7 Å². The fourth-order valence-electron chi connectivity index (χ4n) is 3.12. The highest BCUT2D eigenvalue weighted by atomic mass is 32.2. The van der Waals surface area contributed by atoms with E-state index < -0.39 is 0 Å². The SMILES string of the molecule is COc1cc(CNC(=O)CSc2nnc(C)n2-c2cccc(C)c2)cc(OC)c1OC. The molecule has 0 bridgehead atoms. The normalized spacial score (nSPS) is 10.6. The summed E-state index contributed by atoms with van der Waals surface area (Å²) in [6.45, 7) is 4.26. The number of carbonyl (C=O) groups excluding carboxylic acids is 1. The molecule has 2 aromatic carbocycles. The van der Waals surface area contributed by atoms with E-state index in [1.807, 2.05) is 48.7 Å². The van der Waals surface area contributed by atoms with Gasteiger partial charge in [-0.3, -0.25) is 9.36 Å². The molecule has 0 spiro atoms. The van der Waals surface area contributed by atoms with Crippen molar-refractivity contribution in [2.45, 2.75) is 25.5 Å². The minimum atomic E-state index is -0.116. The van der Waals surface area contributed by atoms with Crippen LogP contribution in [0.4, 0.5) is 0 Å². The quantitative estimate of drug-likeness (QED) is 0.509. The van der Waals surface area contributed by atoms with E-state index in [4.69, 9.17) is 14.2 Å². The summed E-state index contributed by atoms with van der Waals surface area (Å²) in [5.41, 5.74) is 2.96.